The summed E-state index contributed by atoms with van der Waals surface area (Å²) < 4.78 is 11.6. The van der Waals surface area contributed by atoms with Crippen molar-refractivity contribution in [3.63, 3.8) is 0 Å². The van der Waals surface area contributed by atoms with Crippen molar-refractivity contribution in [3.8, 4) is 11.5 Å². The van der Waals surface area contributed by atoms with Crippen molar-refractivity contribution in [2.45, 2.75) is 13.8 Å². The molecular weight excluding hydrogens is 422 g/mol. The number of nitrogens with zero attached hydrogens (tertiary/aromatic N) is 1. The average molecular weight is 442 g/mol. The first-order valence-corrected chi connectivity index (χ1v) is 10.5. The predicted molar refractivity (Wildman–Crippen MR) is 129 cm³/mol. The molecule has 3 aromatic carbocycles. The summed E-state index contributed by atoms with van der Waals surface area (Å²) in [5, 5.41) is 6.77. The molecule has 0 aliphatic rings. The van der Waals surface area contributed by atoms with Gasteiger partial charge < -0.3 is 14.2 Å². The van der Waals surface area contributed by atoms with Crippen molar-refractivity contribution in [2.24, 2.45) is 0 Å². The molecule has 2 aromatic heterocycles. The van der Waals surface area contributed by atoms with Gasteiger partial charge in [-0.2, -0.15) is 0 Å². The van der Waals surface area contributed by atoms with Crippen LogP contribution in [0.25, 0.3) is 33.5 Å². The van der Waals surface area contributed by atoms with Gasteiger partial charge in [-0.3, -0.25) is 10.1 Å². The van der Waals surface area contributed by atoms with E-state index in [-0.39, 0.29) is 10.9 Å². The molecule has 0 saturated carbocycles. The number of carbonyl (C=O) groups excluding carboxylic acids is 1. The fourth-order valence-corrected chi connectivity index (χ4v) is 3.78. The maximum Gasteiger partial charge on any atom is 0.293 e. The third-order valence-corrected chi connectivity index (χ3v) is 5.41. The number of carbonyl (C=O) groups is 1. The van der Waals surface area contributed by atoms with Crippen LogP contribution in [0, 0.1) is 13.8 Å². The van der Waals surface area contributed by atoms with Crippen molar-refractivity contribution < 1.29 is 13.6 Å². The van der Waals surface area contributed by atoms with E-state index in [1.807, 2.05) is 80.6 Å². The number of amides is 1. The first kappa shape index (κ1) is 20.0. The zero-order valence-electron chi connectivity index (χ0n) is 17.4. The van der Waals surface area contributed by atoms with Gasteiger partial charge in [0.25, 0.3) is 5.91 Å². The number of furan rings is 1. The van der Waals surface area contributed by atoms with E-state index < -0.39 is 5.91 Å². The molecule has 158 valence electrons. The highest BCUT2D eigenvalue weighted by molar-refractivity contribution is 7.80. The Balaban J connectivity index is 1.28. The highest BCUT2D eigenvalue weighted by atomic mass is 32.1. The summed E-state index contributed by atoms with van der Waals surface area (Å²) in [7, 11) is 0. The topological polar surface area (TPSA) is 80.3 Å². The molecular formula is C25H19N3O3S. The van der Waals surface area contributed by atoms with Crippen LogP contribution in [0.1, 0.15) is 21.7 Å². The lowest BCUT2D eigenvalue weighted by Crippen LogP contribution is -2.34. The van der Waals surface area contributed by atoms with Crippen molar-refractivity contribution in [2.75, 3.05) is 5.32 Å². The number of aromatic nitrogens is 1. The molecule has 2 N–H and O–H groups in total. The first-order valence-electron chi connectivity index (χ1n) is 10.1. The third-order valence-electron chi connectivity index (χ3n) is 5.21. The molecule has 0 bridgehead atoms. The van der Waals surface area contributed by atoms with Crippen molar-refractivity contribution in [1.29, 1.82) is 0 Å². The van der Waals surface area contributed by atoms with E-state index in [4.69, 9.17) is 21.1 Å². The molecule has 5 rings (SSSR count). The molecule has 32 heavy (non-hydrogen) atoms. The maximum atomic E-state index is 12.6. The quantitative estimate of drug-likeness (QED) is 0.335. The van der Waals surface area contributed by atoms with Gasteiger partial charge in [-0.05, 0) is 74.1 Å². The molecule has 0 aliphatic carbocycles. The highest BCUT2D eigenvalue weighted by Gasteiger charge is 2.18. The number of nitrogens with one attached hydrogen (secondary N) is 2. The Morgan fingerprint density at radius 1 is 0.938 bits per heavy atom. The van der Waals surface area contributed by atoms with Crippen molar-refractivity contribution in [1.82, 2.24) is 10.3 Å². The largest absolute Gasteiger partial charge is 0.451 e. The number of hydrogen-bond donors (Lipinski definition) is 2. The number of aryl methyl sites for hydroxylation is 2. The first-order chi connectivity index (χ1) is 15.5. The summed E-state index contributed by atoms with van der Waals surface area (Å²) in [6, 6.07) is 20.9. The maximum absolute atomic E-state index is 12.6. The Morgan fingerprint density at radius 2 is 1.72 bits per heavy atom. The van der Waals surface area contributed by atoms with E-state index in [0.717, 1.165) is 38.9 Å². The van der Waals surface area contributed by atoms with E-state index in [9.17, 15) is 4.79 Å². The van der Waals surface area contributed by atoms with Gasteiger partial charge in [0.1, 0.15) is 11.1 Å². The lowest BCUT2D eigenvalue weighted by atomic mass is 10.1. The number of anilines is 1. The molecule has 0 unspecified atom stereocenters. The summed E-state index contributed by atoms with van der Waals surface area (Å²) in [6.07, 6.45) is 0. The molecule has 6 nitrogen and oxygen atoms in total. The second kappa shape index (κ2) is 7.94. The number of benzene rings is 3. The Labute approximate surface area is 189 Å². The highest BCUT2D eigenvalue weighted by Crippen LogP contribution is 2.27. The average Bonchev–Trinajstić information content (AvgIpc) is 3.35. The summed E-state index contributed by atoms with van der Waals surface area (Å²) >= 11 is 5.30. The fraction of sp³-hybridized carbons (Fsp3) is 0.0800. The minimum atomic E-state index is -0.394. The van der Waals surface area contributed by atoms with Gasteiger partial charge >= 0.3 is 0 Å². The van der Waals surface area contributed by atoms with E-state index in [1.165, 1.54) is 0 Å². The molecule has 0 saturated heterocycles. The van der Waals surface area contributed by atoms with E-state index in [1.54, 1.807) is 0 Å². The molecule has 2 heterocycles. The van der Waals surface area contributed by atoms with Crippen LogP contribution in [0.5, 0.6) is 0 Å². The number of rotatable bonds is 3. The number of para-hydroxylation sites is 1. The van der Waals surface area contributed by atoms with E-state index in [2.05, 4.69) is 15.6 Å². The molecule has 5 aromatic rings. The lowest BCUT2D eigenvalue weighted by Gasteiger charge is -2.09. The van der Waals surface area contributed by atoms with Crippen molar-refractivity contribution in [3.05, 3.63) is 83.6 Å². The lowest BCUT2D eigenvalue weighted by molar-refractivity contribution is 0.0952. The van der Waals surface area contributed by atoms with Crippen LogP contribution in [0.4, 0.5) is 5.69 Å². The zero-order chi connectivity index (χ0) is 22.2. The van der Waals surface area contributed by atoms with E-state index in [0.29, 0.717) is 11.5 Å². The standard InChI is InChI=1S/C25H19N3O3S/c1-14-7-12-19-21(13-14)31-24(27-19)16-8-10-17(11-9-16)26-25(32)28-23(29)22-15(2)18-5-3-4-6-20(18)30-22/h3-13H,1-2H3,(H2,26,28,29,32). The molecule has 1 amide bonds. The molecule has 0 spiro atoms. The van der Waals surface area contributed by atoms with Gasteiger partial charge in [0.05, 0.1) is 0 Å². The summed E-state index contributed by atoms with van der Waals surface area (Å²) in [6.45, 7) is 3.86. The van der Waals surface area contributed by atoms with E-state index >= 15 is 0 Å². The van der Waals surface area contributed by atoms with Crippen LogP contribution < -0.4 is 10.6 Å². The zero-order valence-corrected chi connectivity index (χ0v) is 18.2. The van der Waals surface area contributed by atoms with Crippen LogP contribution in [-0.2, 0) is 0 Å². The SMILES string of the molecule is Cc1ccc2nc(-c3ccc(NC(=S)NC(=O)c4oc5ccccc5c4C)cc3)oc2c1. The normalized spacial score (nSPS) is 11.1. The van der Waals surface area contributed by atoms with Crippen molar-refractivity contribution >= 4 is 51.0 Å². The van der Waals surface area contributed by atoms with Gasteiger partial charge in [0.15, 0.2) is 16.5 Å². The minimum Gasteiger partial charge on any atom is -0.451 e. The third kappa shape index (κ3) is 3.74. The Bertz CT molecular complexity index is 1480. The molecule has 0 radical (unpaired) electrons. The summed E-state index contributed by atoms with van der Waals surface area (Å²) in [5.41, 5.74) is 5.71. The van der Waals surface area contributed by atoms with Crippen LogP contribution in [-0.4, -0.2) is 16.0 Å². The second-order valence-corrected chi connectivity index (χ2v) is 7.94. The van der Waals surface area contributed by atoms with Crippen LogP contribution >= 0.6 is 12.2 Å². The predicted octanol–water partition coefficient (Wildman–Crippen LogP) is 5.98. The van der Waals surface area contributed by atoms with Crippen LogP contribution in [0.3, 0.4) is 0 Å². The number of oxazole rings is 1. The second-order valence-electron chi connectivity index (χ2n) is 7.53. The van der Waals surface area contributed by atoms with Gasteiger partial charge in [0, 0.05) is 22.2 Å². The Hall–Kier alpha value is -3.97. The molecule has 0 aliphatic heterocycles. The molecule has 7 heteroatoms. The number of thiocarbonyl (C=S) groups is 1. The molecule has 0 fully saturated rings. The number of hydrogen-bond acceptors (Lipinski definition) is 5. The summed E-state index contributed by atoms with van der Waals surface area (Å²) in [4.78, 5) is 17.2. The van der Waals surface area contributed by atoms with Crippen LogP contribution in [0.15, 0.2) is 75.6 Å². The monoisotopic (exact) mass is 441 g/mol. The van der Waals surface area contributed by atoms with Gasteiger partial charge in [-0.25, -0.2) is 4.98 Å². The van der Waals surface area contributed by atoms with Gasteiger partial charge in [-0.1, -0.05) is 24.3 Å². The Kier molecular flexibility index (Phi) is 4.95. The Morgan fingerprint density at radius 3 is 2.50 bits per heavy atom. The smallest absolute Gasteiger partial charge is 0.293 e. The van der Waals surface area contributed by atoms with Crippen LogP contribution in [0.2, 0.25) is 0 Å². The number of fused-ring (bicyclic) bond motifs is 2. The van der Waals surface area contributed by atoms with Gasteiger partial charge in [0.2, 0.25) is 5.89 Å². The molecule has 0 atom stereocenters. The minimum absolute atomic E-state index is 0.181. The van der Waals surface area contributed by atoms with Gasteiger partial charge in [-0.15, -0.1) is 0 Å². The summed E-state index contributed by atoms with van der Waals surface area (Å²) in [5.74, 6) is 0.403. The fourth-order valence-electron chi connectivity index (χ4n) is 3.56.